The zero-order valence-corrected chi connectivity index (χ0v) is 14.5. The molecule has 0 aliphatic heterocycles. The van der Waals surface area contributed by atoms with Crippen LogP contribution < -0.4 is 0 Å². The van der Waals surface area contributed by atoms with Crippen molar-refractivity contribution in [3.63, 3.8) is 0 Å². The number of carboxylic acids is 1. The van der Waals surface area contributed by atoms with Gasteiger partial charge in [-0.1, -0.05) is 32.9 Å². The Bertz CT molecular complexity index is 906. The molecular formula is C19H21N3O3. The number of carbonyl (C=O) groups is 1. The van der Waals surface area contributed by atoms with E-state index in [1.54, 1.807) is 6.07 Å². The zero-order chi connectivity index (χ0) is 18.2. The van der Waals surface area contributed by atoms with Gasteiger partial charge in [0.15, 0.2) is 0 Å². The minimum Gasteiger partial charge on any atom is -0.507 e. The Hall–Kier alpha value is -2.89. The van der Waals surface area contributed by atoms with Crippen molar-refractivity contribution in [1.82, 2.24) is 15.0 Å². The minimum absolute atomic E-state index is 0.0465. The van der Waals surface area contributed by atoms with Crippen molar-refractivity contribution in [3.05, 3.63) is 47.5 Å². The first-order valence-electron chi connectivity index (χ1n) is 8.16. The highest BCUT2D eigenvalue weighted by molar-refractivity contribution is 5.73. The van der Waals surface area contributed by atoms with Crippen LogP contribution in [0.2, 0.25) is 0 Å². The predicted octanol–water partition coefficient (Wildman–Crippen LogP) is 3.44. The van der Waals surface area contributed by atoms with Gasteiger partial charge in [0, 0.05) is 12.0 Å². The number of aromatic nitrogens is 3. The quantitative estimate of drug-likeness (QED) is 0.760. The summed E-state index contributed by atoms with van der Waals surface area (Å²) < 4.78 is 0. The molecule has 0 saturated carbocycles. The van der Waals surface area contributed by atoms with Crippen molar-refractivity contribution in [3.8, 4) is 11.4 Å². The van der Waals surface area contributed by atoms with Gasteiger partial charge in [0.25, 0.3) is 0 Å². The molecule has 0 saturated heterocycles. The molecule has 0 atom stereocenters. The van der Waals surface area contributed by atoms with Crippen LogP contribution in [-0.2, 0) is 16.6 Å². The number of aliphatic carboxylic acids is 1. The molecule has 0 spiro atoms. The Kier molecular flexibility index (Phi) is 4.20. The largest absolute Gasteiger partial charge is 0.507 e. The summed E-state index contributed by atoms with van der Waals surface area (Å²) in [5.74, 6) is -0.751. The van der Waals surface area contributed by atoms with Gasteiger partial charge in [0.2, 0.25) is 0 Å². The first-order chi connectivity index (χ1) is 11.8. The number of phenols is 1. The zero-order valence-electron chi connectivity index (χ0n) is 14.5. The molecule has 0 fully saturated rings. The molecule has 0 amide bonds. The standard InChI is InChI=1S/C19H21N3O3/c1-19(2,3)14-11-13(10-12(18(14)25)8-9-17(23)24)22-20-15-6-4-5-7-16(15)21-22/h4-7,10-11,25H,8-9H2,1-3H3,(H,23,24). The summed E-state index contributed by atoms with van der Waals surface area (Å²) in [5.41, 5.74) is 3.29. The number of benzene rings is 2. The molecule has 0 aliphatic carbocycles. The second-order valence-electron chi connectivity index (χ2n) is 7.12. The molecule has 25 heavy (non-hydrogen) atoms. The number of hydrogen-bond donors (Lipinski definition) is 2. The molecule has 0 aliphatic rings. The third-order valence-corrected chi connectivity index (χ3v) is 4.11. The summed E-state index contributed by atoms with van der Waals surface area (Å²) >= 11 is 0. The highest BCUT2D eigenvalue weighted by atomic mass is 16.4. The molecule has 0 bridgehead atoms. The fourth-order valence-corrected chi connectivity index (χ4v) is 2.77. The van der Waals surface area contributed by atoms with Gasteiger partial charge in [-0.25, -0.2) is 0 Å². The van der Waals surface area contributed by atoms with Gasteiger partial charge in [-0.15, -0.1) is 10.2 Å². The maximum Gasteiger partial charge on any atom is 0.303 e. The number of rotatable bonds is 4. The van der Waals surface area contributed by atoms with Gasteiger partial charge < -0.3 is 10.2 Å². The van der Waals surface area contributed by atoms with Crippen LogP contribution >= 0.6 is 0 Å². The van der Waals surface area contributed by atoms with E-state index in [-0.39, 0.29) is 24.0 Å². The van der Waals surface area contributed by atoms with Gasteiger partial charge in [0.1, 0.15) is 16.8 Å². The highest BCUT2D eigenvalue weighted by Gasteiger charge is 2.22. The fraction of sp³-hybridized carbons (Fsp3) is 0.316. The summed E-state index contributed by atoms with van der Waals surface area (Å²) in [5, 5.41) is 28.5. The van der Waals surface area contributed by atoms with Crippen molar-refractivity contribution in [2.45, 2.75) is 39.0 Å². The van der Waals surface area contributed by atoms with E-state index in [4.69, 9.17) is 5.11 Å². The molecule has 6 heteroatoms. The van der Waals surface area contributed by atoms with Crippen LogP contribution in [0.25, 0.3) is 16.7 Å². The molecule has 6 nitrogen and oxygen atoms in total. The van der Waals surface area contributed by atoms with E-state index >= 15 is 0 Å². The Morgan fingerprint density at radius 3 is 2.24 bits per heavy atom. The van der Waals surface area contributed by atoms with Crippen LogP contribution in [0.3, 0.4) is 0 Å². The van der Waals surface area contributed by atoms with Crippen LogP contribution in [0.1, 0.15) is 38.3 Å². The SMILES string of the molecule is CC(C)(C)c1cc(-n2nc3ccccc3n2)cc(CCC(=O)O)c1O. The lowest BCUT2D eigenvalue weighted by atomic mass is 9.84. The van der Waals surface area contributed by atoms with Crippen LogP contribution in [0.4, 0.5) is 0 Å². The maximum absolute atomic E-state index is 10.9. The number of phenolic OH excluding ortho intramolecular Hbond substituents is 1. The lowest BCUT2D eigenvalue weighted by Gasteiger charge is -2.23. The third kappa shape index (κ3) is 3.47. The van der Waals surface area contributed by atoms with E-state index in [9.17, 15) is 9.90 Å². The van der Waals surface area contributed by atoms with Crippen molar-refractivity contribution >= 4 is 17.0 Å². The van der Waals surface area contributed by atoms with Gasteiger partial charge in [-0.05, 0) is 41.7 Å². The number of fused-ring (bicyclic) bond motifs is 1. The normalized spacial score (nSPS) is 11.8. The van der Waals surface area contributed by atoms with Crippen LogP contribution in [0.5, 0.6) is 5.75 Å². The average Bonchev–Trinajstić information content (AvgIpc) is 2.96. The number of aromatic hydroxyl groups is 1. The summed E-state index contributed by atoms with van der Waals surface area (Å²) in [6, 6.07) is 11.2. The minimum atomic E-state index is -0.898. The number of carboxylic acid groups (broad SMARTS) is 1. The van der Waals surface area contributed by atoms with Crippen molar-refractivity contribution < 1.29 is 15.0 Å². The Balaban J connectivity index is 2.14. The van der Waals surface area contributed by atoms with Crippen molar-refractivity contribution in [2.75, 3.05) is 0 Å². The van der Waals surface area contributed by atoms with E-state index in [0.717, 1.165) is 16.6 Å². The summed E-state index contributed by atoms with van der Waals surface area (Å²) in [7, 11) is 0. The molecule has 1 aromatic heterocycles. The molecular weight excluding hydrogens is 318 g/mol. The number of nitrogens with zero attached hydrogens (tertiary/aromatic N) is 3. The Labute approximate surface area is 145 Å². The van der Waals surface area contributed by atoms with Gasteiger partial charge in [0.05, 0.1) is 5.69 Å². The van der Waals surface area contributed by atoms with E-state index in [2.05, 4.69) is 10.2 Å². The first-order valence-corrected chi connectivity index (χ1v) is 8.16. The Morgan fingerprint density at radius 2 is 1.72 bits per heavy atom. The van der Waals surface area contributed by atoms with Crippen molar-refractivity contribution in [1.29, 1.82) is 0 Å². The van der Waals surface area contributed by atoms with E-state index < -0.39 is 5.97 Å². The average molecular weight is 339 g/mol. The summed E-state index contributed by atoms with van der Waals surface area (Å²) in [6.07, 6.45) is 0.202. The number of hydrogen-bond acceptors (Lipinski definition) is 4. The maximum atomic E-state index is 10.9. The predicted molar refractivity (Wildman–Crippen MR) is 95.2 cm³/mol. The van der Waals surface area contributed by atoms with Gasteiger partial charge in [-0.3, -0.25) is 4.79 Å². The number of aryl methyl sites for hydroxylation is 1. The molecule has 2 N–H and O–H groups in total. The summed E-state index contributed by atoms with van der Waals surface area (Å²) in [4.78, 5) is 12.5. The molecule has 2 aromatic carbocycles. The molecule has 130 valence electrons. The topological polar surface area (TPSA) is 88.2 Å². The van der Waals surface area contributed by atoms with E-state index in [1.807, 2.05) is 51.1 Å². The first kappa shape index (κ1) is 17.0. The summed E-state index contributed by atoms with van der Waals surface area (Å²) in [6.45, 7) is 6.00. The third-order valence-electron chi connectivity index (χ3n) is 4.11. The molecule has 0 unspecified atom stereocenters. The van der Waals surface area contributed by atoms with Crippen LogP contribution in [0.15, 0.2) is 36.4 Å². The molecule has 0 radical (unpaired) electrons. The van der Waals surface area contributed by atoms with Crippen LogP contribution in [-0.4, -0.2) is 31.2 Å². The Morgan fingerprint density at radius 1 is 1.12 bits per heavy atom. The lowest BCUT2D eigenvalue weighted by molar-refractivity contribution is -0.136. The van der Waals surface area contributed by atoms with Gasteiger partial charge in [-0.2, -0.15) is 4.80 Å². The van der Waals surface area contributed by atoms with Gasteiger partial charge >= 0.3 is 5.97 Å². The second kappa shape index (κ2) is 6.20. The molecule has 1 heterocycles. The van der Waals surface area contributed by atoms with E-state index in [0.29, 0.717) is 11.3 Å². The lowest BCUT2D eigenvalue weighted by Crippen LogP contribution is -2.14. The fourth-order valence-electron chi connectivity index (χ4n) is 2.77. The highest BCUT2D eigenvalue weighted by Crippen LogP contribution is 2.36. The van der Waals surface area contributed by atoms with Crippen LogP contribution in [0, 0.1) is 0 Å². The monoisotopic (exact) mass is 339 g/mol. The van der Waals surface area contributed by atoms with Crippen molar-refractivity contribution in [2.24, 2.45) is 0 Å². The smallest absolute Gasteiger partial charge is 0.303 e. The molecule has 3 rings (SSSR count). The molecule has 3 aromatic rings. The second-order valence-corrected chi connectivity index (χ2v) is 7.12. The van der Waals surface area contributed by atoms with E-state index in [1.165, 1.54) is 4.80 Å².